The molecule has 0 radical (unpaired) electrons. The first-order chi connectivity index (χ1) is 19.2. The van der Waals surface area contributed by atoms with Crippen molar-refractivity contribution in [3.63, 3.8) is 0 Å². The van der Waals surface area contributed by atoms with Crippen LogP contribution in [0, 0.1) is 0 Å². The number of amides is 3. The SMILES string of the molecule is CN(C)c1ccc(C(C(=O)NC2CCCCC2)N(C(=O)c2snc(C(N)=O)c2N)c2ccc3c(c2)OCO3)cc1. The zero-order chi connectivity index (χ0) is 28.4. The number of hydrogen-bond donors (Lipinski definition) is 3. The topological polar surface area (TPSA) is 153 Å². The summed E-state index contributed by atoms with van der Waals surface area (Å²) in [5.41, 5.74) is 13.2. The summed E-state index contributed by atoms with van der Waals surface area (Å²) < 4.78 is 15.1. The highest BCUT2D eigenvalue weighted by molar-refractivity contribution is 7.09. The lowest BCUT2D eigenvalue weighted by Gasteiger charge is -2.33. The van der Waals surface area contributed by atoms with Gasteiger partial charge in [0, 0.05) is 37.6 Å². The molecule has 2 heterocycles. The van der Waals surface area contributed by atoms with Gasteiger partial charge in [-0.25, -0.2) is 0 Å². The molecule has 1 aliphatic carbocycles. The number of carbonyl (C=O) groups is 3. The Morgan fingerprint density at radius 3 is 2.33 bits per heavy atom. The first kappa shape index (κ1) is 27.3. The quantitative estimate of drug-likeness (QED) is 0.376. The van der Waals surface area contributed by atoms with E-state index in [9.17, 15) is 14.4 Å². The molecule has 3 amide bonds. The van der Waals surface area contributed by atoms with Gasteiger partial charge in [-0.3, -0.25) is 19.3 Å². The molecule has 12 heteroatoms. The van der Waals surface area contributed by atoms with E-state index in [0.717, 1.165) is 49.3 Å². The number of anilines is 3. The number of nitrogens with one attached hydrogen (secondary N) is 1. The van der Waals surface area contributed by atoms with E-state index in [1.54, 1.807) is 18.2 Å². The number of fused-ring (bicyclic) bond motifs is 1. The molecule has 1 aromatic heterocycles. The van der Waals surface area contributed by atoms with E-state index in [4.69, 9.17) is 20.9 Å². The van der Waals surface area contributed by atoms with Crippen LogP contribution < -0.4 is 36.1 Å². The molecule has 0 bridgehead atoms. The van der Waals surface area contributed by atoms with E-state index in [1.165, 1.54) is 4.90 Å². The number of nitrogens with two attached hydrogens (primary N) is 2. The monoisotopic (exact) mass is 564 g/mol. The van der Waals surface area contributed by atoms with Crippen LogP contribution in [0.1, 0.15) is 63.9 Å². The first-order valence-corrected chi connectivity index (χ1v) is 13.9. The molecule has 0 saturated heterocycles. The summed E-state index contributed by atoms with van der Waals surface area (Å²) >= 11 is 0.766. The van der Waals surface area contributed by atoms with E-state index in [-0.39, 0.29) is 35.0 Å². The lowest BCUT2D eigenvalue weighted by Crippen LogP contribution is -2.47. The maximum absolute atomic E-state index is 14.3. The van der Waals surface area contributed by atoms with Crippen LogP contribution in [0.3, 0.4) is 0 Å². The van der Waals surface area contributed by atoms with Gasteiger partial charge in [0.05, 0.1) is 5.69 Å². The maximum Gasteiger partial charge on any atom is 0.273 e. The van der Waals surface area contributed by atoms with Gasteiger partial charge in [0.25, 0.3) is 11.8 Å². The lowest BCUT2D eigenvalue weighted by molar-refractivity contribution is -0.123. The van der Waals surface area contributed by atoms with Crippen molar-refractivity contribution in [3.8, 4) is 11.5 Å². The van der Waals surface area contributed by atoms with Crippen LogP contribution >= 0.6 is 11.5 Å². The predicted octanol–water partition coefficient (Wildman–Crippen LogP) is 3.46. The zero-order valence-electron chi connectivity index (χ0n) is 22.4. The first-order valence-electron chi connectivity index (χ1n) is 13.1. The van der Waals surface area contributed by atoms with E-state index in [0.29, 0.717) is 22.7 Å². The van der Waals surface area contributed by atoms with Crippen LogP contribution in [0.4, 0.5) is 17.1 Å². The van der Waals surface area contributed by atoms with Crippen LogP contribution in [0.25, 0.3) is 0 Å². The van der Waals surface area contributed by atoms with Crippen molar-refractivity contribution in [2.45, 2.75) is 44.2 Å². The van der Waals surface area contributed by atoms with E-state index < -0.39 is 17.9 Å². The molecule has 1 unspecified atom stereocenters. The van der Waals surface area contributed by atoms with Crippen LogP contribution in [0.15, 0.2) is 42.5 Å². The Kier molecular flexibility index (Phi) is 7.78. The molecule has 40 heavy (non-hydrogen) atoms. The summed E-state index contributed by atoms with van der Waals surface area (Å²) in [6, 6.07) is 11.4. The molecule has 1 aliphatic heterocycles. The molecule has 3 aromatic rings. The number of rotatable bonds is 8. The molecule has 210 valence electrons. The Bertz CT molecular complexity index is 1420. The summed E-state index contributed by atoms with van der Waals surface area (Å²) in [6.45, 7) is 0.0497. The van der Waals surface area contributed by atoms with Crippen LogP contribution in [0.2, 0.25) is 0 Å². The second-order valence-corrected chi connectivity index (χ2v) is 10.9. The fraction of sp³-hybridized carbons (Fsp3) is 0.357. The summed E-state index contributed by atoms with van der Waals surface area (Å²) in [5, 5.41) is 3.18. The normalized spacial score (nSPS) is 15.3. The Morgan fingerprint density at radius 1 is 1.00 bits per heavy atom. The van der Waals surface area contributed by atoms with Gasteiger partial charge in [-0.15, -0.1) is 0 Å². The highest BCUT2D eigenvalue weighted by Crippen LogP contribution is 2.40. The second-order valence-electron chi connectivity index (χ2n) is 10.1. The summed E-state index contributed by atoms with van der Waals surface area (Å²) in [6.07, 6.45) is 4.95. The average Bonchev–Trinajstić information content (AvgIpc) is 3.58. The number of ether oxygens (including phenoxy) is 2. The summed E-state index contributed by atoms with van der Waals surface area (Å²) in [4.78, 5) is 43.6. The van der Waals surface area contributed by atoms with Gasteiger partial charge >= 0.3 is 0 Å². The number of carbonyl (C=O) groups excluding carboxylic acids is 3. The third-order valence-corrected chi connectivity index (χ3v) is 8.04. The zero-order valence-corrected chi connectivity index (χ0v) is 23.2. The highest BCUT2D eigenvalue weighted by Gasteiger charge is 2.37. The van der Waals surface area contributed by atoms with Gasteiger partial charge in [0.15, 0.2) is 17.2 Å². The highest BCUT2D eigenvalue weighted by atomic mass is 32.1. The molecule has 0 spiro atoms. The van der Waals surface area contributed by atoms with Crippen molar-refractivity contribution in [2.24, 2.45) is 5.73 Å². The van der Waals surface area contributed by atoms with Crippen LogP contribution in [-0.2, 0) is 4.79 Å². The van der Waals surface area contributed by atoms with Crippen molar-refractivity contribution >= 4 is 46.3 Å². The number of benzene rings is 2. The molecular formula is C28H32N6O5S. The number of primary amides is 1. The average molecular weight is 565 g/mol. The maximum atomic E-state index is 14.3. The van der Waals surface area contributed by atoms with Crippen molar-refractivity contribution < 1.29 is 23.9 Å². The number of aromatic nitrogens is 1. The molecule has 2 aliphatic rings. The standard InChI is InChI=1S/C28H32N6O5S/c1-33(2)18-10-8-16(9-11-18)24(27(36)31-17-6-4-3-5-7-17)34(19-12-13-20-21(14-19)39-15-38-20)28(37)25-22(29)23(26(30)35)32-40-25/h8-14,17,24H,3-7,15,29H2,1-2H3,(H2,30,35)(H,31,36). The van der Waals surface area contributed by atoms with Crippen molar-refractivity contribution in [1.29, 1.82) is 0 Å². The summed E-state index contributed by atoms with van der Waals surface area (Å²) in [7, 11) is 3.85. The van der Waals surface area contributed by atoms with Gasteiger partial charge in [-0.2, -0.15) is 4.37 Å². The van der Waals surface area contributed by atoms with Gasteiger partial charge in [-0.05, 0) is 54.2 Å². The molecule has 1 saturated carbocycles. The molecule has 5 rings (SSSR count). The van der Waals surface area contributed by atoms with Crippen LogP contribution in [-0.4, -0.2) is 49.0 Å². The Hall–Kier alpha value is -4.32. The van der Waals surface area contributed by atoms with Crippen LogP contribution in [0.5, 0.6) is 11.5 Å². The minimum atomic E-state index is -1.07. The van der Waals surface area contributed by atoms with E-state index in [1.807, 2.05) is 43.3 Å². The van der Waals surface area contributed by atoms with Gasteiger partial charge < -0.3 is 31.2 Å². The van der Waals surface area contributed by atoms with Crippen molar-refractivity contribution in [3.05, 3.63) is 58.6 Å². The molecule has 11 nitrogen and oxygen atoms in total. The lowest BCUT2D eigenvalue weighted by atomic mass is 9.94. The van der Waals surface area contributed by atoms with Crippen molar-refractivity contribution in [1.82, 2.24) is 9.69 Å². The number of nitrogen functional groups attached to an aromatic ring is 1. The Morgan fingerprint density at radius 2 is 1.68 bits per heavy atom. The smallest absolute Gasteiger partial charge is 0.273 e. The van der Waals surface area contributed by atoms with Crippen molar-refractivity contribution in [2.75, 3.05) is 36.4 Å². The van der Waals surface area contributed by atoms with Gasteiger partial charge in [0.2, 0.25) is 12.7 Å². The van der Waals surface area contributed by atoms with Gasteiger partial charge in [0.1, 0.15) is 10.9 Å². The Balaban J connectivity index is 1.63. The predicted molar refractivity (Wildman–Crippen MR) is 153 cm³/mol. The molecule has 1 atom stereocenters. The molecular weight excluding hydrogens is 532 g/mol. The fourth-order valence-electron chi connectivity index (χ4n) is 5.06. The number of hydrogen-bond acceptors (Lipinski definition) is 9. The molecule has 5 N–H and O–H groups in total. The van der Waals surface area contributed by atoms with Gasteiger partial charge in [-0.1, -0.05) is 31.4 Å². The van der Waals surface area contributed by atoms with E-state index in [2.05, 4.69) is 9.69 Å². The van der Waals surface area contributed by atoms with E-state index >= 15 is 0 Å². The molecule has 2 aromatic carbocycles. The third kappa shape index (κ3) is 5.39. The second kappa shape index (κ2) is 11.4. The minimum Gasteiger partial charge on any atom is -0.454 e. The Labute approximate surface area is 236 Å². The fourth-order valence-corrected chi connectivity index (χ4v) is 5.80. The molecule has 1 fully saturated rings. The summed E-state index contributed by atoms with van der Waals surface area (Å²) in [5.74, 6) is -0.785. The minimum absolute atomic E-state index is 0.00634. The largest absolute Gasteiger partial charge is 0.454 e. The third-order valence-electron chi connectivity index (χ3n) is 7.19. The number of nitrogens with zero attached hydrogens (tertiary/aromatic N) is 3.